The quantitative estimate of drug-likeness (QED) is 0.0947. The number of nitrogens with one attached hydrogen (secondary N) is 4. The highest BCUT2D eigenvalue weighted by molar-refractivity contribution is 6.09. The minimum atomic E-state index is -0.712. The maximum absolute atomic E-state index is 14.1. The van der Waals surface area contributed by atoms with Gasteiger partial charge in [0.2, 0.25) is 0 Å². The average molecular weight is 997 g/mol. The highest BCUT2D eigenvalue weighted by Crippen LogP contribution is 2.49. The van der Waals surface area contributed by atoms with Crippen molar-refractivity contribution in [2.24, 2.45) is 0 Å². The van der Waals surface area contributed by atoms with Gasteiger partial charge in [0.25, 0.3) is 35.0 Å². The van der Waals surface area contributed by atoms with Crippen LogP contribution in [0.3, 0.4) is 0 Å². The second-order valence-electron chi connectivity index (χ2n) is 20.7. The summed E-state index contributed by atoms with van der Waals surface area (Å²) in [7, 11) is 0. The van der Waals surface area contributed by atoms with Gasteiger partial charge < -0.3 is 21.3 Å². The summed E-state index contributed by atoms with van der Waals surface area (Å²) < 4.78 is 0. The summed E-state index contributed by atoms with van der Waals surface area (Å²) >= 11 is 0. The monoisotopic (exact) mass is 996 g/mol. The van der Waals surface area contributed by atoms with Gasteiger partial charge in [-0.1, -0.05) is 87.1 Å². The lowest BCUT2D eigenvalue weighted by molar-refractivity contribution is -0.385. The molecule has 16 nitrogen and oxygen atoms in total. The van der Waals surface area contributed by atoms with Crippen molar-refractivity contribution in [3.05, 3.63) is 183 Å². The molecule has 0 saturated heterocycles. The van der Waals surface area contributed by atoms with Crippen LogP contribution in [0.2, 0.25) is 0 Å². The number of rotatable bonds is 2. The van der Waals surface area contributed by atoms with Crippen LogP contribution in [0.4, 0.5) is 34.1 Å². The van der Waals surface area contributed by atoms with Gasteiger partial charge in [0, 0.05) is 57.8 Å². The molecule has 74 heavy (non-hydrogen) atoms. The van der Waals surface area contributed by atoms with Crippen molar-refractivity contribution in [2.75, 3.05) is 21.3 Å². The van der Waals surface area contributed by atoms with Crippen molar-refractivity contribution >= 4 is 57.8 Å². The molecule has 16 heteroatoms. The van der Waals surface area contributed by atoms with E-state index in [0.29, 0.717) is 22.7 Å². The first-order valence-electron chi connectivity index (χ1n) is 25.2. The Morgan fingerprint density at radius 3 is 0.757 bits per heavy atom. The Hall–Kier alpha value is -8.14. The third-order valence-electron chi connectivity index (χ3n) is 15.7. The van der Waals surface area contributed by atoms with Crippen LogP contribution in [0.1, 0.15) is 173 Å². The zero-order valence-electron chi connectivity index (χ0n) is 43.1. The number of benzene rings is 4. The van der Waals surface area contributed by atoms with Gasteiger partial charge >= 0.3 is 0 Å². The molecule has 4 aromatic carbocycles. The molecule has 12 heterocycles. The number of hydrogen-bond donors (Lipinski definition) is 4. The molecular weight excluding hydrogens is 937 g/mol. The van der Waals surface area contributed by atoms with Crippen molar-refractivity contribution in [1.29, 1.82) is 0 Å². The number of aromatic nitrogens is 2. The Labute approximate surface area is 429 Å². The van der Waals surface area contributed by atoms with Gasteiger partial charge in [0.05, 0.1) is 9.85 Å². The van der Waals surface area contributed by atoms with E-state index in [-0.39, 0.29) is 22.8 Å². The molecule has 2 fully saturated rings. The number of nitrogens with zero attached hydrogens (tertiary/aromatic N) is 4. The summed E-state index contributed by atoms with van der Waals surface area (Å²) in [6.07, 6.45) is 9.31. The molecule has 12 bridgehead atoms. The number of amides is 4. The average Bonchev–Trinajstić information content (AvgIpc) is 3.37. The van der Waals surface area contributed by atoms with Crippen molar-refractivity contribution in [1.82, 2.24) is 9.97 Å². The second-order valence-corrected chi connectivity index (χ2v) is 20.7. The fourth-order valence-corrected chi connectivity index (χ4v) is 12.0. The molecule has 2 aliphatic carbocycles. The Morgan fingerprint density at radius 1 is 0.365 bits per heavy atom. The zero-order valence-corrected chi connectivity index (χ0v) is 43.1. The number of carbonyl (C=O) groups excluding carboxylic acids is 4. The molecule has 380 valence electrons. The van der Waals surface area contributed by atoms with Crippen LogP contribution in [-0.4, -0.2) is 43.4 Å². The first-order valence-corrected chi connectivity index (χ1v) is 25.2. The van der Waals surface area contributed by atoms with Crippen LogP contribution < -0.4 is 21.3 Å². The Kier molecular flexibility index (Phi) is 13.5. The Morgan fingerprint density at radius 2 is 0.568 bits per heavy atom. The number of hydrogen-bond acceptors (Lipinski definition) is 10. The van der Waals surface area contributed by atoms with Gasteiger partial charge in [0.1, 0.15) is 22.8 Å². The summed E-state index contributed by atoms with van der Waals surface area (Å²) in [6, 6.07) is 20.7. The smallest absolute Gasteiger partial charge is 0.274 e. The van der Waals surface area contributed by atoms with E-state index in [9.17, 15) is 39.4 Å². The molecule has 4 amide bonds. The van der Waals surface area contributed by atoms with E-state index in [2.05, 4.69) is 79.8 Å². The number of aryl methyl sites for hydroxylation is 8. The standard InChI is InChI=1S/C58H60N8O8/c1-31-19-39-20-32(2)49(31)61-53(67)45-27-43(65(71)72)28-46(59-45)54(68)63-51-35(5)23-41(24-36(51)6)58(17-13-10-14-18-58)42-25-37(7)52(38(8)26-42)64-56(70)48-30-44(66(73)74)29-47(60-48)55(69)62-50-33(3)21-40(22-34(50)4)57(39)15-11-9-12-16-57/h19-30H,9-18H2,1-8H3,(H,61,67)(H,62,69)(H,63,68)(H,64,70). The lowest BCUT2D eigenvalue weighted by Gasteiger charge is -2.40. The lowest BCUT2D eigenvalue weighted by atomic mass is 9.64. The molecular formula is C58H60N8O8. The van der Waals surface area contributed by atoms with Gasteiger partial charge in [-0.2, -0.15) is 0 Å². The molecule has 2 spiro atoms. The third kappa shape index (κ3) is 9.40. The molecule has 0 unspecified atom stereocenters. The summed E-state index contributed by atoms with van der Waals surface area (Å²) in [4.78, 5) is 88.7. The number of anilines is 4. The number of pyridine rings is 2. The normalized spacial score (nSPS) is 16.5. The van der Waals surface area contributed by atoms with Gasteiger partial charge in [-0.15, -0.1) is 0 Å². The van der Waals surface area contributed by atoms with E-state index in [1.54, 1.807) is 0 Å². The molecule has 2 saturated carbocycles. The second kappa shape index (κ2) is 19.7. The first-order chi connectivity index (χ1) is 35.2. The van der Waals surface area contributed by atoms with E-state index >= 15 is 0 Å². The van der Waals surface area contributed by atoms with E-state index in [1.165, 1.54) is 0 Å². The fraction of sp³-hybridized carbons (Fsp3) is 0.345. The molecule has 2 aromatic heterocycles. The van der Waals surface area contributed by atoms with Crippen molar-refractivity contribution in [2.45, 2.75) is 130 Å². The van der Waals surface area contributed by atoms with E-state index in [1.807, 2.05) is 55.4 Å². The SMILES string of the molecule is Cc1cc2cc(C)c1NC(=O)c1cc([N+](=O)[O-])cc(n1)C(=O)Nc1c(C)cc(cc1C)C1(CCCCC1)c1cc(C)c(c(C)c1)NC(=O)c1cc([N+](=O)[O-])cc(n1)C(=O)Nc1c(C)cc(cc1C)C21CCCCC1. The Bertz CT molecular complexity index is 2880. The van der Waals surface area contributed by atoms with Gasteiger partial charge in [-0.05, 0) is 148 Å². The van der Waals surface area contributed by atoms with E-state index in [0.717, 1.165) is 155 Å². The molecule has 6 aromatic rings. The van der Waals surface area contributed by atoms with E-state index in [4.69, 9.17) is 0 Å². The van der Waals surface area contributed by atoms with Gasteiger partial charge in [-0.25, -0.2) is 9.97 Å². The summed E-state index contributed by atoms with van der Waals surface area (Å²) in [6.45, 7) is 15.1. The van der Waals surface area contributed by atoms with Crippen LogP contribution in [0, 0.1) is 75.6 Å². The number of nitro groups is 2. The summed E-state index contributed by atoms with van der Waals surface area (Å²) in [5, 5.41) is 36.4. The van der Waals surface area contributed by atoms with E-state index < -0.39 is 55.7 Å². The van der Waals surface area contributed by atoms with Crippen molar-refractivity contribution in [3.8, 4) is 0 Å². The molecule has 18 rings (SSSR count). The summed E-state index contributed by atoms with van der Waals surface area (Å²) in [5.74, 6) is -2.85. The summed E-state index contributed by atoms with van der Waals surface area (Å²) in [5.41, 5.74) is 9.33. The van der Waals surface area contributed by atoms with Crippen molar-refractivity contribution < 1.29 is 29.0 Å². The van der Waals surface area contributed by atoms with Crippen LogP contribution in [0.5, 0.6) is 0 Å². The lowest BCUT2D eigenvalue weighted by Crippen LogP contribution is -2.31. The van der Waals surface area contributed by atoms with Crippen molar-refractivity contribution in [3.63, 3.8) is 0 Å². The zero-order chi connectivity index (χ0) is 53.0. The van der Waals surface area contributed by atoms with Crippen LogP contribution in [0.25, 0.3) is 0 Å². The van der Waals surface area contributed by atoms with Gasteiger partial charge in [0.15, 0.2) is 0 Å². The number of carbonyl (C=O) groups is 4. The maximum Gasteiger partial charge on any atom is 0.274 e. The minimum absolute atomic E-state index is 0.291. The predicted octanol–water partition coefficient (Wildman–Crippen LogP) is 12.6. The first kappa shape index (κ1) is 50.8. The minimum Gasteiger partial charge on any atom is -0.320 e. The van der Waals surface area contributed by atoms with Gasteiger partial charge in [-0.3, -0.25) is 39.4 Å². The van der Waals surface area contributed by atoms with Crippen LogP contribution >= 0.6 is 0 Å². The maximum atomic E-state index is 14.1. The largest absolute Gasteiger partial charge is 0.320 e. The molecule has 10 aliphatic heterocycles. The highest BCUT2D eigenvalue weighted by Gasteiger charge is 2.39. The molecule has 0 radical (unpaired) electrons. The van der Waals surface area contributed by atoms with Crippen LogP contribution in [0.15, 0.2) is 72.8 Å². The van der Waals surface area contributed by atoms with Crippen LogP contribution in [-0.2, 0) is 10.8 Å². The molecule has 12 aliphatic rings. The fourth-order valence-electron chi connectivity index (χ4n) is 12.0. The molecule has 4 N–H and O–H groups in total. The predicted molar refractivity (Wildman–Crippen MR) is 285 cm³/mol. The highest BCUT2D eigenvalue weighted by atomic mass is 16.6. The Balaban J connectivity index is 1.19. The molecule has 0 atom stereocenters. The topological polar surface area (TPSA) is 228 Å². The third-order valence-corrected chi connectivity index (χ3v) is 15.7.